The topological polar surface area (TPSA) is 9.72 Å². The van der Waals surface area contributed by atoms with E-state index >= 15 is 0 Å². The van der Waals surface area contributed by atoms with Gasteiger partial charge in [-0.15, -0.1) is 0 Å². The fourth-order valence-corrected chi connectivity index (χ4v) is 6.05. The van der Waals surface area contributed by atoms with E-state index in [-0.39, 0.29) is 0 Å². The summed E-state index contributed by atoms with van der Waals surface area (Å²) in [6, 6.07) is 1.84. The molecule has 0 aromatic carbocycles. The van der Waals surface area contributed by atoms with E-state index in [4.69, 9.17) is 0 Å². The highest BCUT2D eigenvalue weighted by Gasteiger charge is 2.49. The zero-order valence-electron chi connectivity index (χ0n) is 16.3. The van der Waals surface area contributed by atoms with Gasteiger partial charge in [0.15, 0.2) is 0 Å². The van der Waals surface area contributed by atoms with Crippen LogP contribution in [0.2, 0.25) is 0 Å². The Bertz CT molecular complexity index is 409. The van der Waals surface area contributed by atoms with Gasteiger partial charge in [-0.3, -0.25) is 4.90 Å². The second-order valence-electron chi connectivity index (χ2n) is 10.1. The molecule has 0 aromatic heterocycles. The Hall–Kier alpha value is -0.120. The fraction of sp³-hybridized carbons (Fsp3) is 1.00. The van der Waals surface area contributed by atoms with Crippen LogP contribution in [-0.4, -0.2) is 73.1 Å². The van der Waals surface area contributed by atoms with Gasteiger partial charge in [-0.05, 0) is 69.2 Å². The van der Waals surface area contributed by atoms with Crippen molar-refractivity contribution in [3.8, 4) is 0 Å². The van der Waals surface area contributed by atoms with Gasteiger partial charge in [-0.25, -0.2) is 0 Å². The zero-order chi connectivity index (χ0) is 16.7. The molecule has 138 valence electrons. The van der Waals surface area contributed by atoms with E-state index in [1.54, 1.807) is 0 Å². The van der Waals surface area contributed by atoms with Crippen LogP contribution < -0.4 is 0 Å². The van der Waals surface area contributed by atoms with Crippen LogP contribution in [0.25, 0.3) is 0 Å². The van der Waals surface area contributed by atoms with Crippen molar-refractivity contribution in [2.75, 3.05) is 46.3 Å². The van der Waals surface area contributed by atoms with Gasteiger partial charge in [0.2, 0.25) is 0 Å². The second kappa shape index (κ2) is 6.89. The van der Waals surface area contributed by atoms with Crippen LogP contribution in [0.4, 0.5) is 0 Å². The summed E-state index contributed by atoms with van der Waals surface area (Å²) in [5, 5.41) is 0. The zero-order valence-corrected chi connectivity index (χ0v) is 16.3. The molecule has 4 fully saturated rings. The van der Waals surface area contributed by atoms with Crippen molar-refractivity contribution in [2.45, 2.75) is 70.9 Å². The van der Waals surface area contributed by atoms with E-state index in [0.29, 0.717) is 0 Å². The average molecular weight is 334 g/mol. The minimum Gasteiger partial charge on any atom is -0.304 e. The Morgan fingerprint density at radius 2 is 1.58 bits per heavy atom. The first-order valence-corrected chi connectivity index (χ1v) is 10.7. The van der Waals surface area contributed by atoms with Gasteiger partial charge in [0.1, 0.15) is 0 Å². The van der Waals surface area contributed by atoms with Crippen molar-refractivity contribution in [1.82, 2.24) is 14.7 Å². The van der Waals surface area contributed by atoms with Crippen LogP contribution in [0, 0.1) is 17.3 Å². The van der Waals surface area contributed by atoms with Crippen molar-refractivity contribution in [1.29, 1.82) is 0 Å². The number of nitrogens with zero attached hydrogens (tertiary/aromatic N) is 3. The lowest BCUT2D eigenvalue weighted by molar-refractivity contribution is 0.0524. The predicted octanol–water partition coefficient (Wildman–Crippen LogP) is 3.30. The van der Waals surface area contributed by atoms with E-state index in [2.05, 4.69) is 35.6 Å². The summed E-state index contributed by atoms with van der Waals surface area (Å²) in [6.45, 7) is 12.8. The lowest BCUT2D eigenvalue weighted by Gasteiger charge is -2.43. The van der Waals surface area contributed by atoms with Crippen molar-refractivity contribution < 1.29 is 0 Å². The van der Waals surface area contributed by atoms with Gasteiger partial charge in [-0.1, -0.05) is 13.8 Å². The highest BCUT2D eigenvalue weighted by molar-refractivity contribution is 5.03. The van der Waals surface area contributed by atoms with E-state index in [1.807, 2.05) is 0 Å². The number of rotatable bonds is 6. The molecule has 1 aliphatic carbocycles. The molecule has 0 aromatic rings. The van der Waals surface area contributed by atoms with Crippen LogP contribution in [0.15, 0.2) is 0 Å². The van der Waals surface area contributed by atoms with Crippen LogP contribution in [0.3, 0.4) is 0 Å². The summed E-state index contributed by atoms with van der Waals surface area (Å²) >= 11 is 0. The van der Waals surface area contributed by atoms with Crippen molar-refractivity contribution in [2.24, 2.45) is 17.3 Å². The molecule has 0 amide bonds. The number of piperazine rings is 1. The number of hydrogen-bond donors (Lipinski definition) is 0. The molecule has 0 radical (unpaired) electrons. The van der Waals surface area contributed by atoms with Gasteiger partial charge >= 0.3 is 0 Å². The van der Waals surface area contributed by atoms with Crippen molar-refractivity contribution >= 4 is 0 Å². The quantitative estimate of drug-likeness (QED) is 0.738. The number of piperidine rings is 1. The molecule has 4 aliphatic rings. The van der Waals surface area contributed by atoms with Crippen molar-refractivity contribution in [3.05, 3.63) is 0 Å². The van der Waals surface area contributed by atoms with Gasteiger partial charge in [0, 0.05) is 51.4 Å². The molecule has 0 spiro atoms. The largest absolute Gasteiger partial charge is 0.304 e. The van der Waals surface area contributed by atoms with Gasteiger partial charge in [0.05, 0.1) is 0 Å². The van der Waals surface area contributed by atoms with Gasteiger partial charge < -0.3 is 9.80 Å². The molecule has 3 nitrogen and oxygen atoms in total. The Morgan fingerprint density at radius 1 is 0.958 bits per heavy atom. The second-order valence-corrected chi connectivity index (χ2v) is 10.1. The lowest BCUT2D eigenvalue weighted by Crippen LogP contribution is -2.50. The first-order valence-electron chi connectivity index (χ1n) is 10.7. The van der Waals surface area contributed by atoms with E-state index in [1.165, 1.54) is 84.2 Å². The molecule has 3 aliphatic heterocycles. The molecule has 0 N–H and O–H groups in total. The minimum absolute atomic E-state index is 0.722. The summed E-state index contributed by atoms with van der Waals surface area (Å²) in [7, 11) is 2.26. The molecule has 3 heteroatoms. The maximum absolute atomic E-state index is 2.98. The Balaban J connectivity index is 1.29. The maximum Gasteiger partial charge on any atom is 0.0110 e. The smallest absolute Gasteiger partial charge is 0.0110 e. The molecular weight excluding hydrogens is 294 g/mol. The molecule has 2 atom stereocenters. The Kier molecular flexibility index (Phi) is 4.96. The van der Waals surface area contributed by atoms with E-state index < -0.39 is 0 Å². The third kappa shape index (κ3) is 3.83. The Labute approximate surface area is 149 Å². The third-order valence-corrected chi connectivity index (χ3v) is 7.41. The number of hydrogen-bond acceptors (Lipinski definition) is 3. The minimum atomic E-state index is 0.722. The normalized spacial score (nSPS) is 37.2. The summed E-state index contributed by atoms with van der Waals surface area (Å²) in [6.07, 6.45) is 10.4. The third-order valence-electron chi connectivity index (χ3n) is 7.41. The van der Waals surface area contributed by atoms with Crippen LogP contribution >= 0.6 is 0 Å². The first kappa shape index (κ1) is 17.3. The summed E-state index contributed by atoms with van der Waals surface area (Å²) in [5.74, 6) is 1.85. The predicted molar refractivity (Wildman–Crippen MR) is 101 cm³/mol. The molecule has 1 saturated carbocycles. The molecule has 3 heterocycles. The van der Waals surface area contributed by atoms with E-state index in [0.717, 1.165) is 29.3 Å². The van der Waals surface area contributed by atoms with Crippen LogP contribution in [0.1, 0.15) is 58.8 Å². The lowest BCUT2D eigenvalue weighted by atomic mass is 9.87. The summed E-state index contributed by atoms with van der Waals surface area (Å²) in [5.41, 5.74) is 0.722. The fourth-order valence-electron chi connectivity index (χ4n) is 6.05. The van der Waals surface area contributed by atoms with Crippen LogP contribution in [0.5, 0.6) is 0 Å². The van der Waals surface area contributed by atoms with Gasteiger partial charge in [-0.2, -0.15) is 0 Å². The van der Waals surface area contributed by atoms with Crippen molar-refractivity contribution in [3.63, 3.8) is 0 Å². The molecule has 3 saturated heterocycles. The molecular formula is C21H39N3. The maximum atomic E-state index is 2.98. The monoisotopic (exact) mass is 333 g/mol. The number of fused-ring (bicyclic) bond motifs is 2. The summed E-state index contributed by atoms with van der Waals surface area (Å²) in [4.78, 5) is 8.21. The molecule has 24 heavy (non-hydrogen) atoms. The number of likely N-dealkylation sites (N-methyl/N-ethyl adjacent to an activating group) is 1. The molecule has 2 unspecified atom stereocenters. The highest BCUT2D eigenvalue weighted by atomic mass is 15.3. The average Bonchev–Trinajstić information content (AvgIpc) is 3.23. The summed E-state index contributed by atoms with van der Waals surface area (Å²) < 4.78 is 0. The van der Waals surface area contributed by atoms with Gasteiger partial charge in [0.25, 0.3) is 0 Å². The first-order chi connectivity index (χ1) is 11.5. The SMILES string of the molecule is CC(C)CC1(CN2C3CCC2CC(CN2CCN(C)CC2)C3)CC1. The van der Waals surface area contributed by atoms with E-state index in [9.17, 15) is 0 Å². The molecule has 2 bridgehead atoms. The highest BCUT2D eigenvalue weighted by Crippen LogP contribution is 2.53. The molecule has 4 rings (SSSR count). The standard InChI is InChI=1S/C21H39N3/c1-17(2)14-21(6-7-21)16-24-19-4-5-20(24)13-18(12-19)15-23-10-8-22(3)9-11-23/h17-20H,4-16H2,1-3H3. The Morgan fingerprint density at radius 3 is 2.12 bits per heavy atom. The van der Waals surface area contributed by atoms with Crippen LogP contribution in [-0.2, 0) is 0 Å².